The van der Waals surface area contributed by atoms with E-state index in [2.05, 4.69) is 27.1 Å². The number of hydrazone groups is 1. The number of nitrogens with zero attached hydrogens (tertiary/aromatic N) is 2. The zero-order chi connectivity index (χ0) is 15.2. The third kappa shape index (κ3) is 4.80. The van der Waals surface area contributed by atoms with E-state index in [1.165, 1.54) is 18.7 Å². The lowest BCUT2D eigenvalue weighted by Gasteiger charge is -2.19. The minimum atomic E-state index is -4.22. The van der Waals surface area contributed by atoms with E-state index in [1.807, 2.05) is 0 Å². The second kappa shape index (κ2) is 7.22. The first kappa shape index (κ1) is 16.4. The third-order valence-corrected chi connectivity index (χ3v) is 2.60. The maximum atomic E-state index is 11.8. The zero-order valence-corrected chi connectivity index (χ0v) is 11.4. The molecule has 1 aliphatic rings. The molecule has 5 nitrogen and oxygen atoms in total. The van der Waals surface area contributed by atoms with E-state index < -0.39 is 12.2 Å². The highest BCUT2D eigenvalue weighted by molar-refractivity contribution is 7.77. The van der Waals surface area contributed by atoms with Gasteiger partial charge in [-0.3, -0.25) is 0 Å². The van der Waals surface area contributed by atoms with Gasteiger partial charge in [-0.15, -0.1) is 0 Å². The molecule has 0 bridgehead atoms. The van der Waals surface area contributed by atoms with Crippen molar-refractivity contribution in [3.63, 3.8) is 0 Å². The van der Waals surface area contributed by atoms with Crippen molar-refractivity contribution >= 4 is 25.0 Å². The minimum absolute atomic E-state index is 0.104. The summed E-state index contributed by atoms with van der Waals surface area (Å²) in [7, 11) is 0. The number of carbonyl (C=O) groups excluding carboxylic acids is 1. The Morgan fingerprint density at radius 1 is 1.65 bits per heavy atom. The Morgan fingerprint density at radius 2 is 2.35 bits per heavy atom. The molecule has 9 heteroatoms. The van der Waals surface area contributed by atoms with Crippen LogP contribution in [0.2, 0.25) is 0 Å². The molecule has 1 aromatic rings. The predicted molar refractivity (Wildman–Crippen MR) is 68.4 cm³/mol. The number of furan rings is 1. The number of ether oxygens (including phenoxy) is 1. The molecule has 0 saturated heterocycles. The highest BCUT2D eigenvalue weighted by Crippen LogP contribution is 2.30. The van der Waals surface area contributed by atoms with Crippen LogP contribution in [0.15, 0.2) is 28.1 Å². The number of halogens is 3. The molecule has 0 N–H and O–H groups in total. The minimum Gasteiger partial charge on any atom is -0.472 e. The molecule has 2 rings (SSSR count). The topological polar surface area (TPSA) is 55.0 Å². The lowest BCUT2D eigenvalue weighted by Crippen LogP contribution is -2.35. The van der Waals surface area contributed by atoms with Gasteiger partial charge in [-0.25, -0.2) is 9.21 Å². The molecule has 0 saturated carbocycles. The van der Waals surface area contributed by atoms with Crippen molar-refractivity contribution in [2.75, 3.05) is 6.61 Å². The van der Waals surface area contributed by atoms with Crippen LogP contribution in [0.4, 0.5) is 13.2 Å². The van der Waals surface area contributed by atoms with E-state index >= 15 is 0 Å². The van der Waals surface area contributed by atoms with Crippen LogP contribution in [0.3, 0.4) is 0 Å². The SMILES string of the molecule is CCOC(=O)c1ccoc1.FC(F)(F)C1CC=NN1S. The Labute approximate surface area is 118 Å². The monoisotopic (exact) mass is 310 g/mol. The van der Waals surface area contributed by atoms with Gasteiger partial charge in [-0.05, 0) is 25.8 Å². The lowest BCUT2D eigenvalue weighted by molar-refractivity contribution is -0.164. The summed E-state index contributed by atoms with van der Waals surface area (Å²) < 4.78 is 45.5. The Hall–Kier alpha value is -1.64. The Kier molecular flexibility index (Phi) is 5.93. The number of thiol groups is 1. The first-order valence-electron chi connectivity index (χ1n) is 5.62. The van der Waals surface area contributed by atoms with E-state index in [0.29, 0.717) is 16.6 Å². The van der Waals surface area contributed by atoms with Crippen LogP contribution in [0.1, 0.15) is 23.7 Å². The van der Waals surface area contributed by atoms with Gasteiger partial charge in [-0.1, -0.05) is 0 Å². The lowest BCUT2D eigenvalue weighted by atomic mass is 10.2. The fourth-order valence-corrected chi connectivity index (χ4v) is 1.56. The van der Waals surface area contributed by atoms with Gasteiger partial charge in [0.25, 0.3) is 0 Å². The van der Waals surface area contributed by atoms with Gasteiger partial charge in [0.1, 0.15) is 6.26 Å². The first-order chi connectivity index (χ1) is 9.36. The molecule has 1 aromatic heterocycles. The molecule has 1 aliphatic heterocycles. The number of alkyl halides is 3. The van der Waals surface area contributed by atoms with Crippen LogP contribution >= 0.6 is 12.8 Å². The molecule has 1 atom stereocenters. The largest absolute Gasteiger partial charge is 0.472 e. The Balaban J connectivity index is 0.000000200. The van der Waals surface area contributed by atoms with Gasteiger partial charge in [0.2, 0.25) is 0 Å². The molecular weight excluding hydrogens is 297 g/mol. The van der Waals surface area contributed by atoms with Crippen molar-refractivity contribution in [2.24, 2.45) is 5.10 Å². The summed E-state index contributed by atoms with van der Waals surface area (Å²) >= 11 is 3.50. The highest BCUT2D eigenvalue weighted by Gasteiger charge is 2.44. The average Bonchev–Trinajstić information content (AvgIpc) is 2.99. The number of rotatable bonds is 2. The van der Waals surface area contributed by atoms with Crippen molar-refractivity contribution < 1.29 is 27.1 Å². The van der Waals surface area contributed by atoms with E-state index in [9.17, 15) is 18.0 Å². The molecule has 20 heavy (non-hydrogen) atoms. The van der Waals surface area contributed by atoms with Crippen LogP contribution in [-0.2, 0) is 4.74 Å². The standard InChI is InChI=1S/C7H8O3.C4H5F3N2S/c1-2-10-7(8)6-3-4-9-5-6;5-4(6,7)3-1-2-8-9(3)10/h3-5H,2H2,1H3;2-3,10H,1H2. The predicted octanol–water partition coefficient (Wildman–Crippen LogP) is 2.91. The summed E-state index contributed by atoms with van der Waals surface area (Å²) in [6.07, 6.45) is -0.333. The van der Waals surface area contributed by atoms with Crippen LogP contribution in [0.5, 0.6) is 0 Å². The molecular formula is C11H13F3N2O3S. The number of carbonyl (C=O) groups is 1. The third-order valence-electron chi connectivity index (χ3n) is 2.22. The Bertz CT molecular complexity index is 448. The summed E-state index contributed by atoms with van der Waals surface area (Å²) in [5, 5.41) is 3.34. The van der Waals surface area contributed by atoms with Crippen LogP contribution in [-0.4, -0.2) is 35.4 Å². The molecule has 112 valence electrons. The van der Waals surface area contributed by atoms with Crippen molar-refractivity contribution in [3.8, 4) is 0 Å². The van der Waals surface area contributed by atoms with Gasteiger partial charge in [0.15, 0.2) is 6.04 Å². The smallest absolute Gasteiger partial charge is 0.411 e. The average molecular weight is 310 g/mol. The summed E-state index contributed by atoms with van der Waals surface area (Å²) in [6, 6.07) is 0.0219. The quantitative estimate of drug-likeness (QED) is 0.674. The summed E-state index contributed by atoms with van der Waals surface area (Å²) in [5.41, 5.74) is 0.460. The molecule has 2 heterocycles. The molecule has 0 aliphatic carbocycles. The van der Waals surface area contributed by atoms with Crippen molar-refractivity contribution in [2.45, 2.75) is 25.6 Å². The van der Waals surface area contributed by atoms with Crippen LogP contribution in [0, 0.1) is 0 Å². The van der Waals surface area contributed by atoms with Crippen molar-refractivity contribution in [1.82, 2.24) is 4.41 Å². The van der Waals surface area contributed by atoms with Gasteiger partial charge >= 0.3 is 12.1 Å². The highest BCUT2D eigenvalue weighted by atomic mass is 32.1. The van der Waals surface area contributed by atoms with E-state index in [4.69, 9.17) is 0 Å². The molecule has 0 amide bonds. The molecule has 0 aromatic carbocycles. The number of hydrogen-bond donors (Lipinski definition) is 1. The van der Waals surface area contributed by atoms with Gasteiger partial charge in [0, 0.05) is 12.6 Å². The maximum Gasteiger partial charge on any atom is 0.411 e. The normalized spacial score (nSPS) is 17.6. The Morgan fingerprint density at radius 3 is 2.70 bits per heavy atom. The number of esters is 1. The summed E-state index contributed by atoms with van der Waals surface area (Å²) in [4.78, 5) is 10.8. The second-order valence-electron chi connectivity index (χ2n) is 3.64. The fourth-order valence-electron chi connectivity index (χ4n) is 1.26. The van der Waals surface area contributed by atoms with E-state index in [-0.39, 0.29) is 12.4 Å². The van der Waals surface area contributed by atoms with Gasteiger partial charge < -0.3 is 9.15 Å². The van der Waals surface area contributed by atoms with Crippen molar-refractivity contribution in [1.29, 1.82) is 0 Å². The molecule has 0 fully saturated rings. The summed E-state index contributed by atoms with van der Waals surface area (Å²) in [6.45, 7) is 2.15. The zero-order valence-electron chi connectivity index (χ0n) is 10.5. The van der Waals surface area contributed by atoms with Crippen LogP contribution < -0.4 is 0 Å². The maximum absolute atomic E-state index is 11.8. The molecule has 0 radical (unpaired) electrons. The van der Waals surface area contributed by atoms with Crippen LogP contribution in [0.25, 0.3) is 0 Å². The molecule has 0 spiro atoms. The fraction of sp³-hybridized carbons (Fsp3) is 0.455. The first-order valence-corrected chi connectivity index (χ1v) is 6.02. The van der Waals surface area contributed by atoms with Crippen molar-refractivity contribution in [3.05, 3.63) is 24.2 Å². The summed E-state index contributed by atoms with van der Waals surface area (Å²) in [5.74, 6) is -0.337. The van der Waals surface area contributed by atoms with E-state index in [1.54, 1.807) is 13.0 Å². The van der Waals surface area contributed by atoms with Gasteiger partial charge in [0.05, 0.1) is 18.4 Å². The number of hydrogen-bond acceptors (Lipinski definition) is 6. The van der Waals surface area contributed by atoms with Gasteiger partial charge in [-0.2, -0.15) is 18.3 Å². The molecule has 1 unspecified atom stereocenters. The van der Waals surface area contributed by atoms with E-state index in [0.717, 1.165) is 0 Å². The second-order valence-corrected chi connectivity index (χ2v) is 4.05.